The molecule has 4 heteroatoms. The van der Waals surface area contributed by atoms with E-state index in [9.17, 15) is 5.26 Å². The van der Waals surface area contributed by atoms with Crippen LogP contribution in [0.25, 0.3) is 0 Å². The maximum absolute atomic E-state index is 9.56. The Kier molecular flexibility index (Phi) is 3.99. The number of hydrogen-bond donors (Lipinski definition) is 0. The van der Waals surface area contributed by atoms with E-state index in [1.807, 2.05) is 26.8 Å². The SMILES string of the molecule is COc1c(C)c(C)cc(C)c1C(C#N)c1cccnn1. The maximum atomic E-state index is 9.56. The van der Waals surface area contributed by atoms with Crippen molar-refractivity contribution in [2.45, 2.75) is 26.7 Å². The third-order valence-electron chi connectivity index (χ3n) is 3.55. The fourth-order valence-corrected chi connectivity index (χ4v) is 2.44. The van der Waals surface area contributed by atoms with Gasteiger partial charge in [0.15, 0.2) is 0 Å². The number of methoxy groups -OCH3 is 1. The summed E-state index contributed by atoms with van der Waals surface area (Å²) in [6.45, 7) is 6.03. The summed E-state index contributed by atoms with van der Waals surface area (Å²) < 4.78 is 5.54. The molecule has 0 aliphatic heterocycles. The summed E-state index contributed by atoms with van der Waals surface area (Å²) in [4.78, 5) is 0. The van der Waals surface area contributed by atoms with Crippen LogP contribution in [-0.2, 0) is 0 Å². The predicted molar refractivity (Wildman–Crippen MR) is 76.7 cm³/mol. The Morgan fingerprint density at radius 2 is 2.00 bits per heavy atom. The van der Waals surface area contributed by atoms with Crippen LogP contribution in [0.3, 0.4) is 0 Å². The van der Waals surface area contributed by atoms with Gasteiger partial charge in [0.05, 0.1) is 18.9 Å². The van der Waals surface area contributed by atoms with Crippen LogP contribution in [0.1, 0.15) is 33.9 Å². The van der Waals surface area contributed by atoms with Crippen LogP contribution in [-0.4, -0.2) is 17.3 Å². The zero-order valence-corrected chi connectivity index (χ0v) is 12.1. The highest BCUT2D eigenvalue weighted by molar-refractivity contribution is 5.55. The Morgan fingerprint density at radius 3 is 2.55 bits per heavy atom. The van der Waals surface area contributed by atoms with Gasteiger partial charge in [0.1, 0.15) is 11.7 Å². The fraction of sp³-hybridized carbons (Fsp3) is 0.312. The molecule has 0 N–H and O–H groups in total. The largest absolute Gasteiger partial charge is 0.496 e. The first-order chi connectivity index (χ1) is 9.60. The van der Waals surface area contributed by atoms with E-state index < -0.39 is 5.92 Å². The van der Waals surface area contributed by atoms with Gasteiger partial charge in [-0.25, -0.2) is 0 Å². The van der Waals surface area contributed by atoms with Crippen LogP contribution in [0.5, 0.6) is 5.75 Å². The zero-order chi connectivity index (χ0) is 14.7. The summed E-state index contributed by atoms with van der Waals surface area (Å²) in [6, 6.07) is 7.99. The van der Waals surface area contributed by atoms with Crippen molar-refractivity contribution < 1.29 is 4.74 Å². The molecule has 0 bridgehead atoms. The van der Waals surface area contributed by atoms with E-state index in [1.165, 1.54) is 0 Å². The van der Waals surface area contributed by atoms with Gasteiger partial charge < -0.3 is 4.74 Å². The molecule has 1 aromatic heterocycles. The van der Waals surface area contributed by atoms with Crippen LogP contribution in [0, 0.1) is 32.1 Å². The number of nitrogens with zero attached hydrogens (tertiary/aromatic N) is 3. The smallest absolute Gasteiger partial charge is 0.127 e. The van der Waals surface area contributed by atoms with Crippen LogP contribution >= 0.6 is 0 Å². The number of rotatable bonds is 3. The van der Waals surface area contributed by atoms with E-state index >= 15 is 0 Å². The molecule has 0 radical (unpaired) electrons. The van der Waals surface area contributed by atoms with Crippen LogP contribution < -0.4 is 4.74 Å². The molecule has 1 aromatic carbocycles. The quantitative estimate of drug-likeness (QED) is 0.857. The van der Waals surface area contributed by atoms with Gasteiger partial charge in [-0.05, 0) is 49.6 Å². The normalized spacial score (nSPS) is 11.8. The summed E-state index contributed by atoms with van der Waals surface area (Å²) in [5, 5.41) is 17.5. The summed E-state index contributed by atoms with van der Waals surface area (Å²) in [6.07, 6.45) is 1.60. The van der Waals surface area contributed by atoms with Crippen LogP contribution in [0.15, 0.2) is 24.4 Å². The first-order valence-corrected chi connectivity index (χ1v) is 6.42. The standard InChI is InChI=1S/C16H17N3O/c1-10-8-11(2)15(16(20-4)12(10)3)13(9-17)14-6-5-7-18-19-14/h5-8,13H,1-4H3. The number of aromatic nitrogens is 2. The molecule has 0 aliphatic rings. The Balaban J connectivity index is 2.68. The van der Waals surface area contributed by atoms with Crippen molar-refractivity contribution in [1.29, 1.82) is 5.26 Å². The number of aryl methyl sites for hydroxylation is 2. The van der Waals surface area contributed by atoms with Crippen molar-refractivity contribution in [3.8, 4) is 11.8 Å². The molecule has 4 nitrogen and oxygen atoms in total. The maximum Gasteiger partial charge on any atom is 0.127 e. The van der Waals surface area contributed by atoms with Gasteiger partial charge in [-0.1, -0.05) is 6.07 Å². The molecule has 0 amide bonds. The highest BCUT2D eigenvalue weighted by Gasteiger charge is 2.23. The molecule has 0 fully saturated rings. The minimum atomic E-state index is -0.474. The van der Waals surface area contributed by atoms with E-state index in [1.54, 1.807) is 19.4 Å². The molecule has 102 valence electrons. The lowest BCUT2D eigenvalue weighted by Crippen LogP contribution is -2.08. The number of ether oxygens (including phenoxy) is 1. The molecule has 2 rings (SSSR count). The Bertz CT molecular complexity index is 660. The molecular formula is C16H17N3O. The molecule has 1 heterocycles. The molecule has 0 saturated carbocycles. The van der Waals surface area contributed by atoms with E-state index in [-0.39, 0.29) is 0 Å². The third kappa shape index (κ3) is 2.35. The molecule has 0 spiro atoms. The first kappa shape index (κ1) is 14.0. The summed E-state index contributed by atoms with van der Waals surface area (Å²) in [5.41, 5.74) is 4.75. The lowest BCUT2D eigenvalue weighted by atomic mass is 9.88. The lowest BCUT2D eigenvalue weighted by molar-refractivity contribution is 0.405. The van der Waals surface area contributed by atoms with Crippen molar-refractivity contribution in [2.24, 2.45) is 0 Å². The van der Waals surface area contributed by atoms with Crippen molar-refractivity contribution in [3.05, 3.63) is 52.3 Å². The Morgan fingerprint density at radius 1 is 1.25 bits per heavy atom. The average molecular weight is 267 g/mol. The van der Waals surface area contributed by atoms with Gasteiger partial charge in [0, 0.05) is 11.8 Å². The number of benzene rings is 1. The predicted octanol–water partition coefficient (Wildman–Crippen LogP) is 3.07. The summed E-state index contributed by atoms with van der Waals surface area (Å²) in [5.74, 6) is 0.289. The monoisotopic (exact) mass is 267 g/mol. The molecule has 0 aliphatic carbocycles. The highest BCUT2D eigenvalue weighted by Crippen LogP contribution is 2.37. The van der Waals surface area contributed by atoms with Gasteiger partial charge in [-0.15, -0.1) is 0 Å². The molecule has 0 saturated heterocycles. The van der Waals surface area contributed by atoms with E-state index in [2.05, 4.69) is 22.3 Å². The minimum absolute atomic E-state index is 0.474. The Hall–Kier alpha value is -2.41. The average Bonchev–Trinajstić information content (AvgIpc) is 2.46. The van der Waals surface area contributed by atoms with E-state index in [0.29, 0.717) is 5.69 Å². The van der Waals surface area contributed by atoms with Crippen molar-refractivity contribution in [2.75, 3.05) is 7.11 Å². The van der Waals surface area contributed by atoms with Gasteiger partial charge in [0.25, 0.3) is 0 Å². The van der Waals surface area contributed by atoms with E-state index in [4.69, 9.17) is 4.74 Å². The van der Waals surface area contributed by atoms with Gasteiger partial charge in [0.2, 0.25) is 0 Å². The van der Waals surface area contributed by atoms with Gasteiger partial charge in [-0.2, -0.15) is 15.5 Å². The Labute approximate surface area is 119 Å². The van der Waals surface area contributed by atoms with Crippen molar-refractivity contribution in [1.82, 2.24) is 10.2 Å². The molecule has 20 heavy (non-hydrogen) atoms. The molecule has 1 unspecified atom stereocenters. The summed E-state index contributed by atoms with van der Waals surface area (Å²) >= 11 is 0. The third-order valence-corrected chi connectivity index (χ3v) is 3.55. The molecular weight excluding hydrogens is 250 g/mol. The molecule has 2 aromatic rings. The summed E-state index contributed by atoms with van der Waals surface area (Å²) in [7, 11) is 1.63. The highest BCUT2D eigenvalue weighted by atomic mass is 16.5. The lowest BCUT2D eigenvalue weighted by Gasteiger charge is -2.19. The van der Waals surface area contributed by atoms with Gasteiger partial charge in [-0.3, -0.25) is 0 Å². The number of nitriles is 1. The van der Waals surface area contributed by atoms with E-state index in [0.717, 1.165) is 28.0 Å². The zero-order valence-electron chi connectivity index (χ0n) is 12.1. The van der Waals surface area contributed by atoms with Gasteiger partial charge >= 0.3 is 0 Å². The minimum Gasteiger partial charge on any atom is -0.496 e. The second kappa shape index (κ2) is 5.70. The van der Waals surface area contributed by atoms with Crippen molar-refractivity contribution >= 4 is 0 Å². The first-order valence-electron chi connectivity index (χ1n) is 6.42. The van der Waals surface area contributed by atoms with Crippen LogP contribution in [0.4, 0.5) is 0 Å². The second-order valence-electron chi connectivity index (χ2n) is 4.79. The van der Waals surface area contributed by atoms with Crippen molar-refractivity contribution in [3.63, 3.8) is 0 Å². The molecule has 1 atom stereocenters. The fourth-order valence-electron chi connectivity index (χ4n) is 2.44. The van der Waals surface area contributed by atoms with Crippen LogP contribution in [0.2, 0.25) is 0 Å². The number of hydrogen-bond acceptors (Lipinski definition) is 4. The topological polar surface area (TPSA) is 58.8 Å². The second-order valence-corrected chi connectivity index (χ2v) is 4.79.